The maximum atomic E-state index is 6.90. The molecule has 0 aliphatic carbocycles. The van der Waals surface area contributed by atoms with Gasteiger partial charge >= 0.3 is 0 Å². The predicted molar refractivity (Wildman–Crippen MR) is 239 cm³/mol. The van der Waals surface area contributed by atoms with Gasteiger partial charge in [-0.15, -0.1) is 0 Å². The van der Waals surface area contributed by atoms with Gasteiger partial charge in [0.25, 0.3) is 0 Å². The SMILES string of the molecule is c1ccc(-c2ccccc2N(c2ccccc2)c2ccc3c(c2)Oc2cccc4c2c-3cc2ccc(N(c3ccccc3)c3ccc5ccccc5c3)cc24)cc1. The average Bonchev–Trinajstić information content (AvgIpc) is 3.28. The monoisotopic (exact) mass is 728 g/mol. The number of hydrogen-bond acceptors (Lipinski definition) is 3. The third-order valence-electron chi connectivity index (χ3n) is 11.2. The molecule has 0 aromatic heterocycles. The van der Waals surface area contributed by atoms with Crippen molar-refractivity contribution in [2.45, 2.75) is 0 Å². The molecule has 0 atom stereocenters. The Kier molecular flexibility index (Phi) is 7.82. The van der Waals surface area contributed by atoms with Crippen molar-refractivity contribution < 1.29 is 4.74 Å². The number of benzene rings is 10. The Morgan fingerprint density at radius 1 is 0.298 bits per heavy atom. The zero-order chi connectivity index (χ0) is 37.7. The van der Waals surface area contributed by atoms with Crippen molar-refractivity contribution in [2.24, 2.45) is 0 Å². The van der Waals surface area contributed by atoms with E-state index in [2.05, 4.69) is 228 Å². The lowest BCUT2D eigenvalue weighted by Gasteiger charge is -2.30. The highest BCUT2D eigenvalue weighted by molar-refractivity contribution is 6.18. The van der Waals surface area contributed by atoms with Crippen molar-refractivity contribution in [3.05, 3.63) is 218 Å². The summed E-state index contributed by atoms with van der Waals surface area (Å²) < 4.78 is 6.90. The van der Waals surface area contributed by atoms with Crippen LogP contribution in [-0.2, 0) is 0 Å². The van der Waals surface area contributed by atoms with Gasteiger partial charge in [0, 0.05) is 51.0 Å². The first-order valence-electron chi connectivity index (χ1n) is 19.4. The van der Waals surface area contributed by atoms with Gasteiger partial charge in [0.05, 0.1) is 5.69 Å². The van der Waals surface area contributed by atoms with E-state index in [1.165, 1.54) is 38.1 Å². The van der Waals surface area contributed by atoms with Crippen LogP contribution in [0.5, 0.6) is 11.5 Å². The van der Waals surface area contributed by atoms with Gasteiger partial charge in [-0.25, -0.2) is 0 Å². The number of hydrogen-bond donors (Lipinski definition) is 0. The smallest absolute Gasteiger partial charge is 0.137 e. The summed E-state index contributed by atoms with van der Waals surface area (Å²) in [5.41, 5.74) is 11.1. The molecule has 11 rings (SSSR count). The van der Waals surface area contributed by atoms with Crippen LogP contribution >= 0.6 is 0 Å². The van der Waals surface area contributed by atoms with Crippen LogP contribution in [0.3, 0.4) is 0 Å². The molecular weight excluding hydrogens is 693 g/mol. The van der Waals surface area contributed by atoms with Gasteiger partial charge in [-0.05, 0) is 117 Å². The minimum absolute atomic E-state index is 0.841. The molecule has 10 aromatic rings. The van der Waals surface area contributed by atoms with Gasteiger partial charge in [0.2, 0.25) is 0 Å². The number of ether oxygens (including phenoxy) is 1. The van der Waals surface area contributed by atoms with Gasteiger partial charge in [0.1, 0.15) is 11.5 Å². The van der Waals surface area contributed by atoms with E-state index < -0.39 is 0 Å². The molecule has 0 N–H and O–H groups in total. The first kappa shape index (κ1) is 32.8. The van der Waals surface area contributed by atoms with Crippen molar-refractivity contribution >= 4 is 66.4 Å². The maximum absolute atomic E-state index is 6.90. The van der Waals surface area contributed by atoms with E-state index in [1.807, 2.05) is 0 Å². The van der Waals surface area contributed by atoms with E-state index in [4.69, 9.17) is 4.74 Å². The molecule has 3 heteroatoms. The molecule has 0 radical (unpaired) electrons. The van der Waals surface area contributed by atoms with Crippen molar-refractivity contribution in [3.63, 3.8) is 0 Å². The molecule has 0 fully saturated rings. The van der Waals surface area contributed by atoms with E-state index in [-0.39, 0.29) is 0 Å². The van der Waals surface area contributed by atoms with Crippen LogP contribution < -0.4 is 14.5 Å². The van der Waals surface area contributed by atoms with Gasteiger partial charge in [0.15, 0.2) is 0 Å². The average molecular weight is 729 g/mol. The lowest BCUT2D eigenvalue weighted by molar-refractivity contribution is 0.487. The molecule has 1 heterocycles. The molecule has 57 heavy (non-hydrogen) atoms. The molecule has 1 aliphatic rings. The van der Waals surface area contributed by atoms with Crippen molar-refractivity contribution in [2.75, 3.05) is 9.80 Å². The molecule has 0 amide bonds. The van der Waals surface area contributed by atoms with Crippen LogP contribution in [0, 0.1) is 0 Å². The highest BCUT2D eigenvalue weighted by Gasteiger charge is 2.25. The summed E-state index contributed by atoms with van der Waals surface area (Å²) in [6.07, 6.45) is 0. The number of rotatable bonds is 7. The normalized spacial score (nSPS) is 11.6. The third kappa shape index (κ3) is 5.68. The Balaban J connectivity index is 1.05. The predicted octanol–water partition coefficient (Wildman–Crippen LogP) is 15.5. The van der Waals surface area contributed by atoms with E-state index in [1.54, 1.807) is 0 Å². The molecule has 268 valence electrons. The zero-order valence-electron chi connectivity index (χ0n) is 31.1. The minimum atomic E-state index is 0.841. The van der Waals surface area contributed by atoms with Crippen LogP contribution in [0.4, 0.5) is 34.1 Å². The van der Waals surface area contributed by atoms with E-state index in [0.717, 1.165) is 62.1 Å². The number of nitrogens with zero attached hydrogens (tertiary/aromatic N) is 2. The summed E-state index contributed by atoms with van der Waals surface area (Å²) in [5.74, 6) is 1.71. The van der Waals surface area contributed by atoms with Crippen molar-refractivity contribution in [1.82, 2.24) is 0 Å². The van der Waals surface area contributed by atoms with Crippen molar-refractivity contribution in [1.29, 1.82) is 0 Å². The lowest BCUT2D eigenvalue weighted by Crippen LogP contribution is -2.11. The Morgan fingerprint density at radius 2 is 0.912 bits per heavy atom. The Hall–Kier alpha value is -7.62. The van der Waals surface area contributed by atoms with Crippen molar-refractivity contribution in [3.8, 4) is 33.8 Å². The highest BCUT2D eigenvalue weighted by atomic mass is 16.5. The van der Waals surface area contributed by atoms with Gasteiger partial charge in [-0.2, -0.15) is 0 Å². The molecule has 0 saturated heterocycles. The second kappa shape index (κ2) is 13.6. The summed E-state index contributed by atoms with van der Waals surface area (Å²) in [5, 5.41) is 7.12. The number of fused-ring (bicyclic) bond motifs is 5. The minimum Gasteiger partial charge on any atom is -0.456 e. The van der Waals surface area contributed by atoms with Crippen LogP contribution in [0.25, 0.3) is 54.6 Å². The largest absolute Gasteiger partial charge is 0.456 e. The number of anilines is 6. The highest BCUT2D eigenvalue weighted by Crippen LogP contribution is 2.52. The fraction of sp³-hybridized carbons (Fsp3) is 0. The second-order valence-electron chi connectivity index (χ2n) is 14.5. The zero-order valence-corrected chi connectivity index (χ0v) is 31.1. The Labute approximate surface area is 331 Å². The fourth-order valence-electron chi connectivity index (χ4n) is 8.55. The Bertz CT molecular complexity index is 3110. The first-order chi connectivity index (χ1) is 28.3. The molecule has 0 spiro atoms. The summed E-state index contributed by atoms with van der Waals surface area (Å²) in [7, 11) is 0. The summed E-state index contributed by atoms with van der Waals surface area (Å²) in [6, 6.07) is 78.0. The molecule has 3 nitrogen and oxygen atoms in total. The molecule has 0 saturated carbocycles. The molecule has 1 aliphatic heterocycles. The van der Waals surface area contributed by atoms with Gasteiger partial charge in [-0.1, -0.05) is 133 Å². The fourth-order valence-corrected chi connectivity index (χ4v) is 8.55. The Morgan fingerprint density at radius 3 is 1.70 bits per heavy atom. The summed E-state index contributed by atoms with van der Waals surface area (Å²) in [6.45, 7) is 0. The van der Waals surface area contributed by atoms with E-state index in [9.17, 15) is 0 Å². The van der Waals surface area contributed by atoms with Crippen LogP contribution in [0.1, 0.15) is 0 Å². The van der Waals surface area contributed by atoms with E-state index >= 15 is 0 Å². The summed E-state index contributed by atoms with van der Waals surface area (Å²) in [4.78, 5) is 4.68. The lowest BCUT2D eigenvalue weighted by atomic mass is 9.90. The van der Waals surface area contributed by atoms with Gasteiger partial charge < -0.3 is 14.5 Å². The standard InChI is InChI=1S/C54H36N2O/c1-4-16-38(17-5-1)46-23-12-13-25-51(46)56(42-21-8-3-9-22-42)45-31-32-47-50-34-40-28-30-44(35-49(40)48-24-14-26-52(54(48)50)57-53(47)36-45)55(41-19-6-2-7-20-41)43-29-27-37-15-10-11-18-39(37)33-43/h1-36H. The number of para-hydroxylation sites is 3. The van der Waals surface area contributed by atoms with Crippen LogP contribution in [-0.4, -0.2) is 0 Å². The summed E-state index contributed by atoms with van der Waals surface area (Å²) >= 11 is 0. The first-order valence-corrected chi connectivity index (χ1v) is 19.4. The maximum Gasteiger partial charge on any atom is 0.137 e. The molecule has 0 bridgehead atoms. The topological polar surface area (TPSA) is 15.7 Å². The van der Waals surface area contributed by atoms with Gasteiger partial charge in [-0.3, -0.25) is 0 Å². The third-order valence-corrected chi connectivity index (χ3v) is 11.2. The molecular formula is C54H36N2O. The molecule has 10 aromatic carbocycles. The second-order valence-corrected chi connectivity index (χ2v) is 14.5. The van der Waals surface area contributed by atoms with E-state index in [0.29, 0.717) is 0 Å². The van der Waals surface area contributed by atoms with Crippen LogP contribution in [0.2, 0.25) is 0 Å². The molecule has 0 unspecified atom stereocenters. The van der Waals surface area contributed by atoms with Crippen LogP contribution in [0.15, 0.2) is 218 Å². The quantitative estimate of drug-likeness (QED) is 0.152.